The third kappa shape index (κ3) is 3.26. The first kappa shape index (κ1) is 17.8. The van der Waals surface area contributed by atoms with Crippen LogP contribution in [-0.4, -0.2) is 29.8 Å². The summed E-state index contributed by atoms with van der Waals surface area (Å²) in [4.78, 5) is 13.3. The molecule has 0 saturated heterocycles. The Labute approximate surface area is 150 Å². The number of hydrogen-bond donors (Lipinski definition) is 1. The second-order valence-electron chi connectivity index (χ2n) is 8.17. The number of carbonyl (C=O) groups is 1. The van der Waals surface area contributed by atoms with Gasteiger partial charge in [0.05, 0.1) is 0 Å². The van der Waals surface area contributed by atoms with Crippen molar-refractivity contribution in [1.82, 2.24) is 0 Å². The number of benzene rings is 1. The van der Waals surface area contributed by atoms with Crippen molar-refractivity contribution >= 4 is 17.2 Å². The van der Waals surface area contributed by atoms with Gasteiger partial charge >= 0.3 is 5.97 Å². The average Bonchev–Trinajstić information content (AvgIpc) is 2.52. The van der Waals surface area contributed by atoms with E-state index in [4.69, 9.17) is 9.84 Å². The molecule has 0 spiro atoms. The van der Waals surface area contributed by atoms with E-state index in [1.807, 2.05) is 0 Å². The lowest BCUT2D eigenvalue weighted by molar-refractivity contribution is -0.137. The molecule has 1 N–H and O–H groups in total. The molecule has 3 rings (SSSR count). The van der Waals surface area contributed by atoms with E-state index in [1.165, 1.54) is 28.0 Å². The van der Waals surface area contributed by atoms with Crippen LogP contribution >= 0.6 is 0 Å². The van der Waals surface area contributed by atoms with Crippen molar-refractivity contribution in [2.45, 2.75) is 65.3 Å². The largest absolute Gasteiger partial charge is 0.489 e. The van der Waals surface area contributed by atoms with E-state index in [1.54, 1.807) is 0 Å². The summed E-state index contributed by atoms with van der Waals surface area (Å²) in [6.45, 7) is 12.5. The van der Waals surface area contributed by atoms with E-state index in [0.717, 1.165) is 18.7 Å². The van der Waals surface area contributed by atoms with Gasteiger partial charge < -0.3 is 14.7 Å². The van der Waals surface area contributed by atoms with Crippen LogP contribution in [0.4, 0.5) is 5.69 Å². The van der Waals surface area contributed by atoms with Gasteiger partial charge in [0, 0.05) is 35.8 Å². The molecule has 4 heteroatoms. The van der Waals surface area contributed by atoms with Gasteiger partial charge in [-0.05, 0) is 69.2 Å². The maximum absolute atomic E-state index is 10.9. The molecule has 2 aliphatic rings. The Morgan fingerprint density at radius 3 is 2.76 bits per heavy atom. The second kappa shape index (κ2) is 6.40. The van der Waals surface area contributed by atoms with Gasteiger partial charge in [0.15, 0.2) is 0 Å². The van der Waals surface area contributed by atoms with Crippen LogP contribution in [0.5, 0.6) is 5.75 Å². The smallest absolute Gasteiger partial charge is 0.303 e. The Morgan fingerprint density at radius 1 is 1.36 bits per heavy atom. The summed E-state index contributed by atoms with van der Waals surface area (Å²) in [5.41, 5.74) is 6.38. The topological polar surface area (TPSA) is 49.8 Å². The van der Waals surface area contributed by atoms with Gasteiger partial charge in [-0.1, -0.05) is 6.92 Å². The van der Waals surface area contributed by atoms with Gasteiger partial charge in [-0.3, -0.25) is 4.79 Å². The van der Waals surface area contributed by atoms with Gasteiger partial charge in [0.2, 0.25) is 0 Å². The average molecular weight is 343 g/mol. The van der Waals surface area contributed by atoms with Crippen molar-refractivity contribution in [2.24, 2.45) is 0 Å². The molecule has 4 nitrogen and oxygen atoms in total. The van der Waals surface area contributed by atoms with E-state index in [-0.39, 0.29) is 12.0 Å². The monoisotopic (exact) mass is 343 g/mol. The Balaban J connectivity index is 2.02. The van der Waals surface area contributed by atoms with E-state index >= 15 is 0 Å². The summed E-state index contributed by atoms with van der Waals surface area (Å²) in [6, 6.07) is 4.48. The number of nitrogens with zero attached hydrogens (tertiary/aromatic N) is 1. The molecule has 0 amide bonds. The van der Waals surface area contributed by atoms with Gasteiger partial charge in [-0.2, -0.15) is 0 Å². The predicted octanol–water partition coefficient (Wildman–Crippen LogP) is 4.83. The van der Waals surface area contributed by atoms with Crippen LogP contribution < -0.4 is 9.64 Å². The highest BCUT2D eigenvalue weighted by Gasteiger charge is 2.37. The molecule has 25 heavy (non-hydrogen) atoms. The summed E-state index contributed by atoms with van der Waals surface area (Å²) >= 11 is 0. The zero-order chi connectivity index (χ0) is 18.4. The predicted molar refractivity (Wildman–Crippen MR) is 102 cm³/mol. The summed E-state index contributed by atoms with van der Waals surface area (Å²) in [7, 11) is 0. The fraction of sp³-hybridized carbons (Fsp3) is 0.571. The van der Waals surface area contributed by atoms with Crippen LogP contribution in [0, 0.1) is 0 Å². The molecule has 1 aromatic carbocycles. The van der Waals surface area contributed by atoms with Crippen molar-refractivity contribution < 1.29 is 14.6 Å². The lowest BCUT2D eigenvalue weighted by Gasteiger charge is -2.48. The van der Waals surface area contributed by atoms with Gasteiger partial charge in [0.25, 0.3) is 0 Å². The van der Waals surface area contributed by atoms with Crippen LogP contribution in [0.3, 0.4) is 0 Å². The highest BCUT2D eigenvalue weighted by Crippen LogP contribution is 2.47. The maximum Gasteiger partial charge on any atom is 0.303 e. The second-order valence-corrected chi connectivity index (χ2v) is 8.17. The SMILES string of the molecule is CC1=C(C)c2cc3c(cc2OC1)N(CCCC(=O)O)C(C)(C)CC3C. The van der Waals surface area contributed by atoms with Crippen molar-refractivity contribution in [2.75, 3.05) is 18.1 Å². The third-order valence-corrected chi connectivity index (χ3v) is 5.75. The molecule has 1 unspecified atom stereocenters. The minimum atomic E-state index is -0.728. The lowest BCUT2D eigenvalue weighted by atomic mass is 9.78. The van der Waals surface area contributed by atoms with Crippen molar-refractivity contribution in [3.8, 4) is 5.75 Å². The molecule has 1 aromatic rings. The van der Waals surface area contributed by atoms with Crippen LogP contribution in [0.2, 0.25) is 0 Å². The van der Waals surface area contributed by atoms with Crippen molar-refractivity contribution in [3.05, 3.63) is 28.8 Å². The Bertz CT molecular complexity index is 733. The molecule has 0 fully saturated rings. The molecule has 136 valence electrons. The minimum absolute atomic E-state index is 0.00856. The molecular weight excluding hydrogens is 314 g/mol. The van der Waals surface area contributed by atoms with E-state index in [9.17, 15) is 4.79 Å². The van der Waals surface area contributed by atoms with Gasteiger partial charge in [-0.25, -0.2) is 0 Å². The summed E-state index contributed by atoms with van der Waals surface area (Å²) in [5.74, 6) is 0.699. The maximum atomic E-state index is 10.9. The highest BCUT2D eigenvalue weighted by atomic mass is 16.5. The van der Waals surface area contributed by atoms with Crippen LogP contribution in [-0.2, 0) is 4.79 Å². The summed E-state index contributed by atoms with van der Waals surface area (Å²) in [6.07, 6.45) is 1.93. The van der Waals surface area contributed by atoms with Gasteiger partial charge in [0.1, 0.15) is 12.4 Å². The number of rotatable bonds is 4. The first-order chi connectivity index (χ1) is 11.7. The van der Waals surface area contributed by atoms with E-state index in [2.05, 4.69) is 51.7 Å². The number of fused-ring (bicyclic) bond motifs is 2. The van der Waals surface area contributed by atoms with Crippen molar-refractivity contribution in [3.63, 3.8) is 0 Å². The number of hydrogen-bond acceptors (Lipinski definition) is 3. The summed E-state index contributed by atoms with van der Waals surface area (Å²) < 4.78 is 5.99. The summed E-state index contributed by atoms with van der Waals surface area (Å²) in [5, 5.41) is 8.98. The zero-order valence-corrected chi connectivity index (χ0v) is 16.0. The molecule has 1 atom stereocenters. The number of carboxylic acid groups (broad SMARTS) is 1. The van der Waals surface area contributed by atoms with Crippen LogP contribution in [0.1, 0.15) is 70.9 Å². The van der Waals surface area contributed by atoms with Gasteiger partial charge in [-0.15, -0.1) is 0 Å². The number of aliphatic carboxylic acids is 1. The van der Waals surface area contributed by atoms with Crippen molar-refractivity contribution in [1.29, 1.82) is 0 Å². The Hall–Kier alpha value is -1.97. The molecular formula is C21H29NO3. The van der Waals surface area contributed by atoms with E-state index < -0.39 is 5.97 Å². The first-order valence-corrected chi connectivity index (χ1v) is 9.17. The molecule has 0 radical (unpaired) electrons. The molecule has 0 aliphatic carbocycles. The highest BCUT2D eigenvalue weighted by molar-refractivity contribution is 5.78. The zero-order valence-electron chi connectivity index (χ0n) is 16.0. The van der Waals surface area contributed by atoms with Crippen LogP contribution in [0.15, 0.2) is 17.7 Å². The third-order valence-electron chi connectivity index (χ3n) is 5.75. The first-order valence-electron chi connectivity index (χ1n) is 9.17. The molecule has 2 aliphatic heterocycles. The van der Waals surface area contributed by atoms with E-state index in [0.29, 0.717) is 18.9 Å². The number of carboxylic acids is 1. The molecule has 2 heterocycles. The Morgan fingerprint density at radius 2 is 2.08 bits per heavy atom. The molecule has 0 saturated carbocycles. The lowest BCUT2D eigenvalue weighted by Crippen LogP contribution is -2.49. The number of ether oxygens (including phenoxy) is 1. The quantitative estimate of drug-likeness (QED) is 0.851. The normalized spacial score (nSPS) is 21.5. The fourth-order valence-electron chi connectivity index (χ4n) is 4.26. The molecule has 0 aromatic heterocycles. The number of allylic oxidation sites excluding steroid dienone is 1. The minimum Gasteiger partial charge on any atom is -0.489 e. The fourth-order valence-corrected chi connectivity index (χ4v) is 4.26. The molecule has 0 bridgehead atoms. The standard InChI is InChI=1S/C21H29NO3/c1-13-11-21(4,5)22(8-6-7-20(23)24)18-10-19-17(9-16(13)18)15(3)14(2)12-25-19/h9-10,13H,6-8,11-12H2,1-5H3,(H,23,24). The van der Waals surface area contributed by atoms with Crippen LogP contribution in [0.25, 0.3) is 5.57 Å². The number of anilines is 1. The Kier molecular flexibility index (Phi) is 4.56.